The summed E-state index contributed by atoms with van der Waals surface area (Å²) in [5.74, 6) is 0.869. The van der Waals surface area contributed by atoms with Gasteiger partial charge < -0.3 is 15.2 Å². The van der Waals surface area contributed by atoms with Gasteiger partial charge in [-0.25, -0.2) is 9.37 Å². The van der Waals surface area contributed by atoms with Gasteiger partial charge in [0.2, 0.25) is 0 Å². The van der Waals surface area contributed by atoms with Crippen molar-refractivity contribution in [1.29, 1.82) is 0 Å². The van der Waals surface area contributed by atoms with E-state index in [1.54, 1.807) is 12.1 Å². The molecule has 4 nitrogen and oxygen atoms in total. The van der Waals surface area contributed by atoms with Crippen molar-refractivity contribution < 1.29 is 13.9 Å². The van der Waals surface area contributed by atoms with Gasteiger partial charge in [0.05, 0.1) is 22.3 Å². The maximum Gasteiger partial charge on any atom is 0.181 e. The smallest absolute Gasteiger partial charge is 0.181 e. The molecular weight excluding hydrogens is 315 g/mol. The zero-order valence-electron chi connectivity index (χ0n) is 10.9. The number of ether oxygens (including phenoxy) is 2. The molecule has 0 atom stereocenters. The second kappa shape index (κ2) is 5.38. The fourth-order valence-electron chi connectivity index (χ4n) is 1.87. The van der Waals surface area contributed by atoms with Crippen LogP contribution >= 0.6 is 22.9 Å². The minimum absolute atomic E-state index is 0.181. The van der Waals surface area contributed by atoms with E-state index in [1.807, 2.05) is 0 Å². The molecule has 0 amide bonds. The van der Waals surface area contributed by atoms with Crippen molar-refractivity contribution in [3.05, 3.63) is 41.2 Å². The highest BCUT2D eigenvalue weighted by molar-refractivity contribution is 7.22. The van der Waals surface area contributed by atoms with Crippen molar-refractivity contribution >= 4 is 38.3 Å². The third kappa shape index (κ3) is 2.72. The standard InChI is InChI=1S/C14H10ClFN2O2S/c1-19-11-5-9-13(21-14(17)18-9)6-12(11)20-10-3-2-7(16)4-8(10)15/h2-6H,1H3,(H2,17,18). The van der Waals surface area contributed by atoms with Gasteiger partial charge in [-0.2, -0.15) is 0 Å². The van der Waals surface area contributed by atoms with Gasteiger partial charge in [-0.1, -0.05) is 22.9 Å². The van der Waals surface area contributed by atoms with E-state index < -0.39 is 5.82 Å². The van der Waals surface area contributed by atoms with Crippen LogP contribution < -0.4 is 15.2 Å². The quantitative estimate of drug-likeness (QED) is 0.772. The van der Waals surface area contributed by atoms with E-state index in [1.165, 1.54) is 36.6 Å². The molecule has 0 fully saturated rings. The number of rotatable bonds is 3. The summed E-state index contributed by atoms with van der Waals surface area (Å²) >= 11 is 7.30. The summed E-state index contributed by atoms with van der Waals surface area (Å²) in [6.07, 6.45) is 0. The second-order valence-electron chi connectivity index (χ2n) is 4.20. The summed E-state index contributed by atoms with van der Waals surface area (Å²) in [4.78, 5) is 4.18. The number of hydrogen-bond acceptors (Lipinski definition) is 5. The van der Waals surface area contributed by atoms with Crippen LogP contribution in [-0.2, 0) is 0 Å². The van der Waals surface area contributed by atoms with E-state index in [0.717, 1.165) is 10.2 Å². The van der Waals surface area contributed by atoms with Crippen LogP contribution in [0.25, 0.3) is 10.2 Å². The number of methoxy groups -OCH3 is 1. The van der Waals surface area contributed by atoms with Crippen LogP contribution in [0.3, 0.4) is 0 Å². The van der Waals surface area contributed by atoms with Gasteiger partial charge in [0.15, 0.2) is 16.6 Å². The van der Waals surface area contributed by atoms with Gasteiger partial charge in [0.1, 0.15) is 11.6 Å². The highest BCUT2D eigenvalue weighted by atomic mass is 35.5. The summed E-state index contributed by atoms with van der Waals surface area (Å²) in [5, 5.41) is 0.644. The molecule has 0 bridgehead atoms. The molecule has 0 aliphatic carbocycles. The summed E-state index contributed by atoms with van der Waals surface area (Å²) < 4.78 is 24.9. The Bertz CT molecular complexity index is 822. The Hall–Kier alpha value is -2.05. The maximum absolute atomic E-state index is 13.1. The molecule has 0 unspecified atom stereocenters. The molecule has 0 spiro atoms. The minimum atomic E-state index is -0.426. The molecule has 3 aromatic rings. The lowest BCUT2D eigenvalue weighted by molar-refractivity contribution is 0.379. The number of thiazole rings is 1. The molecule has 2 N–H and O–H groups in total. The number of halogens is 2. The first-order valence-corrected chi connectivity index (χ1v) is 7.13. The summed E-state index contributed by atoms with van der Waals surface area (Å²) in [6, 6.07) is 7.42. The van der Waals surface area contributed by atoms with Gasteiger partial charge in [-0.15, -0.1) is 0 Å². The molecule has 0 radical (unpaired) electrons. The number of hydrogen-bond donors (Lipinski definition) is 1. The first kappa shape index (κ1) is 13.9. The number of benzene rings is 2. The van der Waals surface area contributed by atoms with Crippen molar-refractivity contribution in [3.8, 4) is 17.2 Å². The predicted molar refractivity (Wildman–Crippen MR) is 82.1 cm³/mol. The molecule has 1 heterocycles. The average molecular weight is 325 g/mol. The van der Waals surface area contributed by atoms with E-state index in [9.17, 15) is 4.39 Å². The largest absolute Gasteiger partial charge is 0.493 e. The van der Waals surface area contributed by atoms with Gasteiger partial charge in [-0.05, 0) is 18.2 Å². The highest BCUT2D eigenvalue weighted by Gasteiger charge is 2.13. The molecule has 7 heteroatoms. The summed E-state index contributed by atoms with van der Waals surface area (Å²) in [6.45, 7) is 0. The van der Waals surface area contributed by atoms with E-state index in [4.69, 9.17) is 26.8 Å². The number of nitrogen functional groups attached to an aromatic ring is 1. The van der Waals surface area contributed by atoms with Crippen molar-refractivity contribution in [1.82, 2.24) is 4.98 Å². The Morgan fingerprint density at radius 3 is 2.71 bits per heavy atom. The fraction of sp³-hybridized carbons (Fsp3) is 0.0714. The van der Waals surface area contributed by atoms with Crippen LogP contribution in [0.1, 0.15) is 0 Å². The lowest BCUT2D eigenvalue weighted by Gasteiger charge is -2.11. The zero-order chi connectivity index (χ0) is 15.0. The number of fused-ring (bicyclic) bond motifs is 1. The molecule has 2 aromatic carbocycles. The number of nitrogens with two attached hydrogens (primary N) is 1. The molecule has 0 saturated carbocycles. The van der Waals surface area contributed by atoms with Crippen LogP contribution in [0.2, 0.25) is 5.02 Å². The van der Waals surface area contributed by atoms with Crippen LogP contribution in [0.5, 0.6) is 17.2 Å². The number of nitrogens with zero attached hydrogens (tertiary/aromatic N) is 1. The first-order valence-electron chi connectivity index (χ1n) is 5.94. The number of aromatic nitrogens is 1. The Labute approximate surface area is 128 Å². The Morgan fingerprint density at radius 1 is 1.19 bits per heavy atom. The molecule has 108 valence electrons. The van der Waals surface area contributed by atoms with Crippen LogP contribution in [0.4, 0.5) is 9.52 Å². The Morgan fingerprint density at radius 2 is 2.00 bits per heavy atom. The van der Waals surface area contributed by atoms with E-state index in [2.05, 4.69) is 4.98 Å². The lowest BCUT2D eigenvalue weighted by Crippen LogP contribution is -1.91. The molecule has 0 aliphatic rings. The first-order chi connectivity index (χ1) is 10.1. The highest BCUT2D eigenvalue weighted by Crippen LogP contribution is 2.39. The van der Waals surface area contributed by atoms with Gasteiger partial charge in [-0.3, -0.25) is 0 Å². The normalized spacial score (nSPS) is 10.8. The van der Waals surface area contributed by atoms with E-state index in [0.29, 0.717) is 22.4 Å². The van der Waals surface area contributed by atoms with Crippen molar-refractivity contribution in [2.24, 2.45) is 0 Å². The maximum atomic E-state index is 13.1. The topological polar surface area (TPSA) is 57.4 Å². The summed E-state index contributed by atoms with van der Waals surface area (Å²) in [7, 11) is 1.52. The van der Waals surface area contributed by atoms with Gasteiger partial charge in [0.25, 0.3) is 0 Å². The zero-order valence-corrected chi connectivity index (χ0v) is 12.5. The van der Waals surface area contributed by atoms with Gasteiger partial charge in [0, 0.05) is 12.1 Å². The molecule has 0 saturated heterocycles. The third-order valence-corrected chi connectivity index (χ3v) is 3.95. The van der Waals surface area contributed by atoms with E-state index >= 15 is 0 Å². The van der Waals surface area contributed by atoms with Crippen LogP contribution in [0, 0.1) is 5.82 Å². The Balaban J connectivity index is 2.06. The van der Waals surface area contributed by atoms with Crippen molar-refractivity contribution in [3.63, 3.8) is 0 Å². The lowest BCUT2D eigenvalue weighted by atomic mass is 10.3. The van der Waals surface area contributed by atoms with E-state index in [-0.39, 0.29) is 5.02 Å². The average Bonchev–Trinajstić information content (AvgIpc) is 2.80. The molecule has 21 heavy (non-hydrogen) atoms. The monoisotopic (exact) mass is 324 g/mol. The predicted octanol–water partition coefficient (Wildman–Crippen LogP) is 4.47. The molecule has 3 rings (SSSR count). The molecular formula is C14H10ClFN2O2S. The molecule has 0 aliphatic heterocycles. The second-order valence-corrected chi connectivity index (χ2v) is 5.67. The van der Waals surface area contributed by atoms with Crippen LogP contribution in [0.15, 0.2) is 30.3 Å². The van der Waals surface area contributed by atoms with Crippen LogP contribution in [-0.4, -0.2) is 12.1 Å². The van der Waals surface area contributed by atoms with Crippen molar-refractivity contribution in [2.75, 3.05) is 12.8 Å². The SMILES string of the molecule is COc1cc2nc(N)sc2cc1Oc1ccc(F)cc1Cl. The minimum Gasteiger partial charge on any atom is -0.493 e. The fourth-order valence-corrected chi connectivity index (χ4v) is 2.82. The Kier molecular flexibility index (Phi) is 3.57. The number of anilines is 1. The summed E-state index contributed by atoms with van der Waals surface area (Å²) in [5.41, 5.74) is 6.42. The van der Waals surface area contributed by atoms with Gasteiger partial charge >= 0.3 is 0 Å². The molecule has 1 aromatic heterocycles. The van der Waals surface area contributed by atoms with Crippen molar-refractivity contribution in [2.45, 2.75) is 0 Å². The third-order valence-electron chi connectivity index (χ3n) is 2.80.